The number of anilines is 1. The fourth-order valence-electron chi connectivity index (χ4n) is 3.27. The first-order valence-electron chi connectivity index (χ1n) is 9.33. The van der Waals surface area contributed by atoms with Crippen LogP contribution in [0.15, 0.2) is 81.7 Å². The van der Waals surface area contributed by atoms with Gasteiger partial charge >= 0.3 is 0 Å². The molecule has 2 heterocycles. The largest absolute Gasteiger partial charge is 0.460 e. The average Bonchev–Trinajstić information content (AvgIpc) is 3.34. The van der Waals surface area contributed by atoms with E-state index in [-0.39, 0.29) is 23.4 Å². The summed E-state index contributed by atoms with van der Waals surface area (Å²) >= 11 is 0. The number of carbonyl (C=O) groups excluding carboxylic acids is 1. The number of aryl methyl sites for hydroxylation is 1. The van der Waals surface area contributed by atoms with Gasteiger partial charge in [-0.1, -0.05) is 65.8 Å². The Balaban J connectivity index is 1.65. The number of carbonyl (C=O) groups is 1. The molecule has 3 N–H and O–H groups in total. The van der Waals surface area contributed by atoms with Gasteiger partial charge < -0.3 is 20.0 Å². The molecule has 29 heavy (non-hydrogen) atoms. The molecule has 1 atom stereocenters. The molecular weight excluding hydrogens is 366 g/mol. The second-order valence-electron chi connectivity index (χ2n) is 6.81. The molecule has 1 unspecified atom stereocenters. The molecular formula is C23H21N3O3. The van der Waals surface area contributed by atoms with E-state index >= 15 is 0 Å². The Hall–Kier alpha value is -3.80. The SMILES string of the molecule is Cc1ccc(-c2noc(N)c2C(=O)NC(Cc2ccccc2)c2ccccc2)o1. The van der Waals surface area contributed by atoms with Crippen LogP contribution >= 0.6 is 0 Å². The Morgan fingerprint density at radius 2 is 1.72 bits per heavy atom. The van der Waals surface area contributed by atoms with Crippen LogP contribution in [0.25, 0.3) is 11.5 Å². The molecule has 6 heteroatoms. The van der Waals surface area contributed by atoms with Gasteiger partial charge in [0, 0.05) is 0 Å². The smallest absolute Gasteiger partial charge is 0.259 e. The molecule has 0 saturated heterocycles. The van der Waals surface area contributed by atoms with Crippen molar-refractivity contribution in [3.05, 3.63) is 95.2 Å². The van der Waals surface area contributed by atoms with E-state index in [1.54, 1.807) is 12.1 Å². The number of benzene rings is 2. The highest BCUT2D eigenvalue weighted by Crippen LogP contribution is 2.29. The highest BCUT2D eigenvalue weighted by molar-refractivity contribution is 6.03. The minimum absolute atomic E-state index is 0.0434. The van der Waals surface area contributed by atoms with Crippen LogP contribution in [0.2, 0.25) is 0 Å². The maximum atomic E-state index is 13.2. The molecule has 0 spiro atoms. The number of hydrogen-bond acceptors (Lipinski definition) is 5. The van der Waals surface area contributed by atoms with Crippen molar-refractivity contribution < 1.29 is 13.7 Å². The lowest BCUT2D eigenvalue weighted by atomic mass is 9.98. The van der Waals surface area contributed by atoms with Gasteiger partial charge in [0.15, 0.2) is 11.5 Å². The Labute approximate surface area is 168 Å². The molecule has 0 bridgehead atoms. The predicted molar refractivity (Wildman–Crippen MR) is 110 cm³/mol. The molecule has 0 fully saturated rings. The molecule has 6 nitrogen and oxygen atoms in total. The van der Waals surface area contributed by atoms with Crippen LogP contribution in [0.4, 0.5) is 5.88 Å². The molecule has 146 valence electrons. The van der Waals surface area contributed by atoms with Crippen molar-refractivity contribution in [2.75, 3.05) is 5.73 Å². The molecule has 1 amide bonds. The Kier molecular flexibility index (Phi) is 5.16. The number of hydrogen-bond donors (Lipinski definition) is 2. The van der Waals surface area contributed by atoms with Crippen LogP contribution in [0.1, 0.15) is 33.3 Å². The summed E-state index contributed by atoms with van der Waals surface area (Å²) in [6.07, 6.45) is 0.636. The number of nitrogens with two attached hydrogens (primary N) is 1. The molecule has 2 aromatic carbocycles. The summed E-state index contributed by atoms with van der Waals surface area (Å²) in [6, 6.07) is 23.1. The summed E-state index contributed by atoms with van der Waals surface area (Å²) in [5.41, 5.74) is 8.50. The minimum atomic E-state index is -0.363. The van der Waals surface area contributed by atoms with Gasteiger partial charge in [-0.15, -0.1) is 0 Å². The number of amides is 1. The zero-order valence-corrected chi connectivity index (χ0v) is 16.0. The van der Waals surface area contributed by atoms with E-state index in [1.807, 2.05) is 67.6 Å². The lowest BCUT2D eigenvalue weighted by molar-refractivity contribution is 0.0937. The van der Waals surface area contributed by atoms with Crippen LogP contribution in [0.3, 0.4) is 0 Å². The third-order valence-corrected chi connectivity index (χ3v) is 4.71. The van der Waals surface area contributed by atoms with Crippen LogP contribution < -0.4 is 11.1 Å². The zero-order valence-electron chi connectivity index (χ0n) is 16.0. The lowest BCUT2D eigenvalue weighted by Crippen LogP contribution is -2.30. The first-order valence-corrected chi connectivity index (χ1v) is 9.33. The molecule has 4 aromatic rings. The standard InChI is InChI=1S/C23H21N3O3/c1-15-12-13-19(28-15)21-20(22(24)29-26-21)23(27)25-18(17-10-6-3-7-11-17)14-16-8-4-2-5-9-16/h2-13,18H,14,24H2,1H3,(H,25,27). The van der Waals surface area contributed by atoms with Gasteiger partial charge in [0.05, 0.1) is 6.04 Å². The van der Waals surface area contributed by atoms with Crippen molar-refractivity contribution in [1.82, 2.24) is 10.5 Å². The quantitative estimate of drug-likeness (QED) is 0.506. The second kappa shape index (κ2) is 8.06. The normalized spacial score (nSPS) is 11.9. The number of nitrogens with zero attached hydrogens (tertiary/aromatic N) is 1. The van der Waals surface area contributed by atoms with Gasteiger partial charge in [0.25, 0.3) is 5.91 Å². The van der Waals surface area contributed by atoms with E-state index in [9.17, 15) is 4.79 Å². The molecule has 4 rings (SSSR count). The monoisotopic (exact) mass is 387 g/mol. The summed E-state index contributed by atoms with van der Waals surface area (Å²) in [5.74, 6) is 0.738. The predicted octanol–water partition coefficient (Wildman–Crippen LogP) is 4.54. The van der Waals surface area contributed by atoms with Gasteiger partial charge in [-0.2, -0.15) is 0 Å². The van der Waals surface area contributed by atoms with Crippen LogP contribution in [-0.4, -0.2) is 11.1 Å². The summed E-state index contributed by atoms with van der Waals surface area (Å²) < 4.78 is 10.7. The fraction of sp³-hybridized carbons (Fsp3) is 0.130. The van der Waals surface area contributed by atoms with E-state index in [1.165, 1.54) is 0 Å². The number of aromatic nitrogens is 1. The van der Waals surface area contributed by atoms with Crippen molar-refractivity contribution >= 4 is 11.8 Å². The molecule has 0 aliphatic rings. The number of rotatable bonds is 6. The summed E-state index contributed by atoms with van der Waals surface area (Å²) in [6.45, 7) is 1.82. The van der Waals surface area contributed by atoms with Crippen LogP contribution in [0.5, 0.6) is 0 Å². The Morgan fingerprint density at radius 3 is 2.38 bits per heavy atom. The van der Waals surface area contributed by atoms with Crippen LogP contribution in [-0.2, 0) is 6.42 Å². The maximum absolute atomic E-state index is 13.2. The van der Waals surface area contributed by atoms with Crippen molar-refractivity contribution in [3.8, 4) is 11.5 Å². The van der Waals surface area contributed by atoms with E-state index in [0.29, 0.717) is 23.6 Å². The molecule has 0 saturated carbocycles. The van der Waals surface area contributed by atoms with Crippen LogP contribution in [0, 0.1) is 6.92 Å². The molecule has 2 aromatic heterocycles. The first kappa shape index (κ1) is 18.6. The molecule has 0 radical (unpaired) electrons. The average molecular weight is 387 g/mol. The summed E-state index contributed by atoms with van der Waals surface area (Å²) in [7, 11) is 0. The third kappa shape index (κ3) is 4.06. The Bertz CT molecular complexity index is 1100. The third-order valence-electron chi connectivity index (χ3n) is 4.71. The molecule has 0 aliphatic carbocycles. The van der Waals surface area contributed by atoms with Gasteiger partial charge in [0.2, 0.25) is 5.88 Å². The van der Waals surface area contributed by atoms with Crippen molar-refractivity contribution in [1.29, 1.82) is 0 Å². The van der Waals surface area contributed by atoms with E-state index in [0.717, 1.165) is 11.1 Å². The van der Waals surface area contributed by atoms with Gasteiger partial charge in [-0.3, -0.25) is 4.79 Å². The topological polar surface area (TPSA) is 94.3 Å². The lowest BCUT2D eigenvalue weighted by Gasteiger charge is -2.19. The second-order valence-corrected chi connectivity index (χ2v) is 6.81. The molecule has 0 aliphatic heterocycles. The van der Waals surface area contributed by atoms with E-state index in [4.69, 9.17) is 14.7 Å². The number of nitrogen functional groups attached to an aromatic ring is 1. The first-order chi connectivity index (χ1) is 14.1. The Morgan fingerprint density at radius 1 is 1.03 bits per heavy atom. The zero-order chi connectivity index (χ0) is 20.2. The minimum Gasteiger partial charge on any atom is -0.460 e. The van der Waals surface area contributed by atoms with E-state index < -0.39 is 0 Å². The highest BCUT2D eigenvalue weighted by atomic mass is 16.5. The van der Waals surface area contributed by atoms with Crippen molar-refractivity contribution in [2.45, 2.75) is 19.4 Å². The summed E-state index contributed by atoms with van der Waals surface area (Å²) in [4.78, 5) is 13.2. The maximum Gasteiger partial charge on any atom is 0.259 e. The van der Waals surface area contributed by atoms with Gasteiger partial charge in [-0.05, 0) is 36.6 Å². The fourth-order valence-corrected chi connectivity index (χ4v) is 3.27. The van der Waals surface area contributed by atoms with Gasteiger partial charge in [-0.25, -0.2) is 0 Å². The van der Waals surface area contributed by atoms with Crippen molar-refractivity contribution in [3.63, 3.8) is 0 Å². The summed E-state index contributed by atoms with van der Waals surface area (Å²) in [5, 5.41) is 7.01. The number of furan rings is 1. The van der Waals surface area contributed by atoms with E-state index in [2.05, 4.69) is 10.5 Å². The van der Waals surface area contributed by atoms with Crippen molar-refractivity contribution in [2.24, 2.45) is 0 Å². The van der Waals surface area contributed by atoms with Gasteiger partial charge in [0.1, 0.15) is 11.3 Å². The highest BCUT2D eigenvalue weighted by Gasteiger charge is 2.26. The number of nitrogens with one attached hydrogen (secondary N) is 1.